The van der Waals surface area contributed by atoms with Gasteiger partial charge >= 0.3 is 11.9 Å². The van der Waals surface area contributed by atoms with Gasteiger partial charge in [0.1, 0.15) is 39.9 Å². The molecule has 286 valence electrons. The summed E-state index contributed by atoms with van der Waals surface area (Å²) in [6.45, 7) is 2.64. The Hall–Kier alpha value is -5.74. The highest BCUT2D eigenvalue weighted by Crippen LogP contribution is 2.45. The summed E-state index contributed by atoms with van der Waals surface area (Å²) in [5.74, 6) is -6.05. The van der Waals surface area contributed by atoms with Crippen LogP contribution in [0.1, 0.15) is 49.3 Å². The van der Waals surface area contributed by atoms with Gasteiger partial charge in [-0.2, -0.15) is 4.73 Å². The first-order chi connectivity index (χ1) is 25.4. The maximum atomic E-state index is 13.5. The molecule has 0 unspecified atom stereocenters. The smallest absolute Gasteiger partial charge is 0.352 e. The van der Waals surface area contributed by atoms with Gasteiger partial charge in [-0.3, -0.25) is 24.1 Å². The van der Waals surface area contributed by atoms with Crippen molar-refractivity contribution in [2.24, 2.45) is 11.1 Å². The van der Waals surface area contributed by atoms with Gasteiger partial charge in [-0.05, 0) is 25.3 Å². The minimum Gasteiger partial charge on any atom is -0.503 e. The minimum atomic E-state index is -1.83. The number of anilines is 3. The molecule has 3 aromatic rings. The lowest BCUT2D eigenvalue weighted by molar-refractivity contribution is -0.691. The van der Waals surface area contributed by atoms with Crippen molar-refractivity contribution in [1.29, 1.82) is 0 Å². The fraction of sp³-hybridized carbons (Fsp3) is 0.355. The van der Waals surface area contributed by atoms with Gasteiger partial charge in [0.15, 0.2) is 28.2 Å². The van der Waals surface area contributed by atoms with Gasteiger partial charge in [0.25, 0.3) is 12.1 Å². The van der Waals surface area contributed by atoms with E-state index in [1.165, 1.54) is 31.9 Å². The van der Waals surface area contributed by atoms with E-state index in [0.717, 1.165) is 28.5 Å². The second-order valence-electron chi connectivity index (χ2n) is 12.5. The van der Waals surface area contributed by atoms with E-state index < -0.39 is 69.6 Å². The maximum absolute atomic E-state index is 13.5. The van der Waals surface area contributed by atoms with Crippen molar-refractivity contribution in [3.8, 4) is 5.75 Å². The number of ketones is 2. The zero-order chi connectivity index (χ0) is 39.6. The molecule has 54 heavy (non-hydrogen) atoms. The number of pyridine rings is 1. The quantitative estimate of drug-likeness (QED) is 0.0201. The predicted molar refractivity (Wildman–Crippen MR) is 192 cm³/mol. The first-order valence-electron chi connectivity index (χ1n) is 15.8. The summed E-state index contributed by atoms with van der Waals surface area (Å²) in [4.78, 5) is 89.7. The Balaban J connectivity index is 1.26. The molecule has 5 heterocycles. The van der Waals surface area contributed by atoms with E-state index in [1.54, 1.807) is 10.8 Å². The number of Topliss-reactive ketones (excluding diaryl/α,β-unsaturated/α-hetero) is 2. The number of fused-ring (bicyclic) bond motifs is 1. The van der Waals surface area contributed by atoms with Crippen molar-refractivity contribution in [1.82, 2.24) is 19.6 Å². The molecule has 0 spiro atoms. The third kappa shape index (κ3) is 8.24. The van der Waals surface area contributed by atoms with Crippen LogP contribution in [-0.4, -0.2) is 98.5 Å². The van der Waals surface area contributed by atoms with Crippen molar-refractivity contribution in [2.45, 2.75) is 50.6 Å². The Morgan fingerprint density at radius 1 is 1.22 bits per heavy atom. The van der Waals surface area contributed by atoms with E-state index in [2.05, 4.69) is 20.4 Å². The standard InChI is InChI=1S/C31H32ClN9O11S2/c1-31(2,29(49)50)52-38-21(22-24(32)54-30(34)37-22)19(44)6-14-26(46)41-23(28(47)48)13(11-53-27(14)41)8-39-9-15(25(33)36-12-39)35-5-3-4-17(42)16-7-18(43)20(45)10-40(16)51/h7,9-10,12,14,27,33,35,51H,3-6,8,11H2,1-2H3,(H5,34,37,45,47,48,49,50)/p+1/b38-21+/t14-,27-/m1/s1. The van der Waals surface area contributed by atoms with Gasteiger partial charge in [0, 0.05) is 36.8 Å². The topological polar surface area (TPSA) is 307 Å². The molecular formula is C31H33ClN9O11S2+. The normalized spacial score (nSPS) is 17.1. The van der Waals surface area contributed by atoms with Crippen LogP contribution in [0.2, 0.25) is 4.34 Å². The van der Waals surface area contributed by atoms with E-state index in [0.29, 0.717) is 16.0 Å². The molecule has 0 aromatic carbocycles. The third-order valence-corrected chi connectivity index (χ3v) is 10.7. The number of carbonyl (C=O) groups excluding carboxylic acids is 3. The summed E-state index contributed by atoms with van der Waals surface area (Å²) in [5, 5.41) is 44.9. The fourth-order valence-corrected chi connectivity index (χ4v) is 7.69. The Labute approximate surface area is 317 Å². The number of thioether (sulfide) groups is 1. The summed E-state index contributed by atoms with van der Waals surface area (Å²) in [6, 6.07) is 0.831. The van der Waals surface area contributed by atoms with Crippen LogP contribution in [0.15, 0.2) is 46.0 Å². The van der Waals surface area contributed by atoms with Crippen LogP contribution < -0.4 is 26.8 Å². The summed E-state index contributed by atoms with van der Waals surface area (Å²) in [6.07, 6.45) is 3.42. The Morgan fingerprint density at radius 2 is 1.94 bits per heavy atom. The van der Waals surface area contributed by atoms with E-state index in [9.17, 15) is 49.3 Å². The van der Waals surface area contributed by atoms with Crippen molar-refractivity contribution < 1.29 is 53.9 Å². The van der Waals surface area contributed by atoms with Gasteiger partial charge in [0.2, 0.25) is 16.9 Å². The molecule has 1 saturated heterocycles. The number of aromatic hydroxyl groups is 1. The average Bonchev–Trinajstić information content (AvgIpc) is 3.44. The van der Waals surface area contributed by atoms with Crippen molar-refractivity contribution in [3.05, 3.63) is 62.0 Å². The molecule has 1 amide bonds. The first kappa shape index (κ1) is 39.5. The molecule has 23 heteroatoms. The fourth-order valence-electron chi connectivity index (χ4n) is 5.36. The summed E-state index contributed by atoms with van der Waals surface area (Å²) in [7, 11) is 0. The second-order valence-corrected chi connectivity index (χ2v) is 15.2. The molecule has 1 fully saturated rings. The number of halogens is 1. The number of nitrogens with two attached hydrogens (primary N) is 2. The number of nitrogens with one attached hydrogen (secondary N) is 1. The summed E-state index contributed by atoms with van der Waals surface area (Å²) >= 11 is 8.31. The zero-order valence-corrected chi connectivity index (χ0v) is 30.8. The highest BCUT2D eigenvalue weighted by molar-refractivity contribution is 8.00. The molecular weight excluding hydrogens is 774 g/mol. The van der Waals surface area contributed by atoms with E-state index in [4.69, 9.17) is 27.9 Å². The molecule has 0 radical (unpaired) electrons. The molecule has 0 saturated carbocycles. The summed E-state index contributed by atoms with van der Waals surface area (Å²) in [5.41, 5.74) is 8.71. The van der Waals surface area contributed by atoms with Crippen LogP contribution in [0.3, 0.4) is 0 Å². The molecule has 0 aliphatic carbocycles. The lowest BCUT2D eigenvalue weighted by Crippen LogP contribution is -2.62. The molecule has 20 nitrogen and oxygen atoms in total. The number of aliphatic carboxylic acids is 2. The van der Waals surface area contributed by atoms with Gasteiger partial charge in [0.05, 0.1) is 17.5 Å². The van der Waals surface area contributed by atoms with E-state index >= 15 is 0 Å². The van der Waals surface area contributed by atoms with Crippen LogP contribution in [0.25, 0.3) is 0 Å². The van der Waals surface area contributed by atoms with E-state index in [-0.39, 0.29) is 64.1 Å². The number of β-lactam (4-membered cyclic amide) rings is 1. The SMILES string of the molecule is CC(C)(O/N=C(\C(=O)C[C@@H]1C(=O)N2C(C(=O)O)=C(C[n+]3cnc(N)c(NCCCC(=O)c4cc(=O)c(O)cn4O)c3)CS[C@H]12)c1nc(N)sc1Cl)C(=O)O. The minimum absolute atomic E-state index is 0.00130. The second kappa shape index (κ2) is 15.7. The molecule has 0 bridgehead atoms. The number of thiazole rings is 1. The number of hydrogen-bond acceptors (Lipinski definition) is 17. The van der Waals surface area contributed by atoms with Crippen molar-refractivity contribution >= 4 is 86.5 Å². The van der Waals surface area contributed by atoms with Gasteiger partial charge < -0.3 is 42.1 Å². The highest BCUT2D eigenvalue weighted by Gasteiger charge is 2.54. The number of carboxylic acids is 2. The van der Waals surface area contributed by atoms with Gasteiger partial charge in [-0.25, -0.2) is 19.1 Å². The Morgan fingerprint density at radius 3 is 2.59 bits per heavy atom. The maximum Gasteiger partial charge on any atom is 0.352 e. The van der Waals surface area contributed by atoms with Crippen LogP contribution in [-0.2, 0) is 30.6 Å². The van der Waals surface area contributed by atoms with Gasteiger partial charge in [-0.15, -0.1) is 11.8 Å². The molecule has 2 aliphatic rings. The third-order valence-electron chi connectivity index (χ3n) is 8.22. The number of nitrogens with zero attached hydrogens (tertiary/aromatic N) is 6. The highest BCUT2D eigenvalue weighted by atomic mass is 35.5. The molecule has 9 N–H and O–H groups in total. The number of oxime groups is 1. The molecule has 2 aliphatic heterocycles. The van der Waals surface area contributed by atoms with Crippen LogP contribution in [0.4, 0.5) is 16.6 Å². The number of nitrogen functional groups attached to an aromatic ring is 2. The largest absolute Gasteiger partial charge is 0.503 e. The first-order valence-corrected chi connectivity index (χ1v) is 18.0. The molecule has 5 rings (SSSR count). The molecule has 2 atom stereocenters. The monoisotopic (exact) mass is 806 g/mol. The predicted octanol–water partition coefficient (Wildman–Crippen LogP) is 0.936. The van der Waals surface area contributed by atoms with Gasteiger partial charge in [-0.1, -0.05) is 28.1 Å². The average molecular weight is 807 g/mol. The zero-order valence-electron chi connectivity index (χ0n) is 28.4. The van der Waals surface area contributed by atoms with Crippen molar-refractivity contribution in [2.75, 3.05) is 29.1 Å². The number of aromatic nitrogens is 4. The number of carbonyl (C=O) groups is 5. The van der Waals surface area contributed by atoms with E-state index in [1.807, 2.05) is 0 Å². The molecule has 3 aromatic heterocycles. The number of amides is 1. The lowest BCUT2D eigenvalue weighted by atomic mass is 9.89. The summed E-state index contributed by atoms with van der Waals surface area (Å²) < 4.78 is 1.92. The van der Waals surface area contributed by atoms with Crippen LogP contribution in [0, 0.1) is 5.92 Å². The van der Waals surface area contributed by atoms with Crippen molar-refractivity contribution in [3.63, 3.8) is 0 Å². The lowest BCUT2D eigenvalue weighted by Gasteiger charge is -2.49. The Kier molecular flexibility index (Phi) is 11.5. The number of rotatable bonds is 16. The number of hydrogen-bond donors (Lipinski definition) is 7. The Bertz CT molecular complexity index is 2190. The van der Waals surface area contributed by atoms with Crippen LogP contribution in [0.5, 0.6) is 5.75 Å². The van der Waals surface area contributed by atoms with Crippen LogP contribution >= 0.6 is 34.7 Å². The number of carboxylic acid groups (broad SMARTS) is 2.